The van der Waals surface area contributed by atoms with Crippen LogP contribution in [0.4, 0.5) is 13.2 Å². The molecule has 0 atom stereocenters. The summed E-state index contributed by atoms with van der Waals surface area (Å²) >= 11 is 0. The van der Waals surface area contributed by atoms with Crippen molar-refractivity contribution in [3.63, 3.8) is 0 Å². The predicted octanol–water partition coefficient (Wildman–Crippen LogP) is 1.97. The van der Waals surface area contributed by atoms with Crippen LogP contribution in [-0.2, 0) is 17.9 Å². The number of benzene rings is 1. The van der Waals surface area contributed by atoms with Crippen LogP contribution in [0.2, 0.25) is 0 Å². The third kappa shape index (κ3) is 7.75. The monoisotopic (exact) mass is 399 g/mol. The first-order valence-corrected chi connectivity index (χ1v) is 9.32. The molecule has 6 nitrogen and oxygen atoms in total. The van der Waals surface area contributed by atoms with Crippen LogP contribution in [0.25, 0.3) is 0 Å². The molecule has 28 heavy (non-hydrogen) atoms. The lowest BCUT2D eigenvalue weighted by molar-refractivity contribution is -0.157. The van der Waals surface area contributed by atoms with Crippen LogP contribution in [0.3, 0.4) is 0 Å². The zero-order valence-corrected chi connectivity index (χ0v) is 16.4. The maximum absolute atomic E-state index is 12.3. The van der Waals surface area contributed by atoms with E-state index in [2.05, 4.69) is 32.7 Å². The Morgan fingerprint density at radius 1 is 1.14 bits per heavy atom. The molecule has 9 heteroatoms. The molecule has 1 heterocycles. The van der Waals surface area contributed by atoms with Crippen LogP contribution < -0.4 is 10.6 Å². The number of carbonyl (C=O) groups is 1. The fourth-order valence-corrected chi connectivity index (χ4v) is 3.02. The van der Waals surface area contributed by atoms with Gasteiger partial charge in [-0.25, -0.2) is 0 Å². The van der Waals surface area contributed by atoms with E-state index >= 15 is 0 Å². The van der Waals surface area contributed by atoms with Crippen LogP contribution in [0, 0.1) is 0 Å². The van der Waals surface area contributed by atoms with Crippen LogP contribution in [-0.4, -0.2) is 68.1 Å². The van der Waals surface area contributed by atoms with Crippen LogP contribution in [0.15, 0.2) is 29.3 Å². The number of guanidine groups is 1. The van der Waals surface area contributed by atoms with E-state index in [9.17, 15) is 18.0 Å². The molecule has 2 N–H and O–H groups in total. The van der Waals surface area contributed by atoms with Gasteiger partial charge in [0.15, 0.2) is 5.96 Å². The zero-order valence-electron chi connectivity index (χ0n) is 16.4. The summed E-state index contributed by atoms with van der Waals surface area (Å²) in [6.07, 6.45) is -1.88. The Kier molecular flexibility index (Phi) is 8.10. The maximum Gasteiger partial charge on any atom is 0.406 e. The first-order chi connectivity index (χ1) is 13.3. The molecule has 1 amide bonds. The molecule has 0 aromatic heterocycles. The number of halogens is 3. The summed E-state index contributed by atoms with van der Waals surface area (Å²) in [6.45, 7) is 2.23. The lowest BCUT2D eigenvalue weighted by atomic mass is 10.1. The summed E-state index contributed by atoms with van der Waals surface area (Å²) in [7, 11) is 2.66. The Hall–Kier alpha value is -2.29. The van der Waals surface area contributed by atoms with E-state index in [0.29, 0.717) is 17.4 Å². The van der Waals surface area contributed by atoms with Gasteiger partial charge in [-0.3, -0.25) is 14.7 Å². The van der Waals surface area contributed by atoms with Crippen LogP contribution in [0.5, 0.6) is 0 Å². The summed E-state index contributed by atoms with van der Waals surface area (Å²) in [5.41, 5.74) is 2.32. The Labute approximate surface area is 163 Å². The normalized spacial score (nSPS) is 15.5. The third-order valence-electron chi connectivity index (χ3n) is 4.56. The molecule has 156 valence electrons. The van der Waals surface area contributed by atoms with E-state index in [1.54, 1.807) is 7.05 Å². The van der Waals surface area contributed by atoms with Gasteiger partial charge in [-0.15, -0.1) is 0 Å². The van der Waals surface area contributed by atoms with Crippen molar-refractivity contribution in [1.29, 1.82) is 0 Å². The van der Waals surface area contributed by atoms with Gasteiger partial charge in [0.1, 0.15) is 6.54 Å². The highest BCUT2D eigenvalue weighted by atomic mass is 19.4. The van der Waals surface area contributed by atoms with E-state index in [1.807, 2.05) is 12.1 Å². The molecule has 0 unspecified atom stereocenters. The molecule has 1 aliphatic heterocycles. The highest BCUT2D eigenvalue weighted by molar-refractivity contribution is 5.86. The molecule has 1 aliphatic rings. The van der Waals surface area contributed by atoms with Crippen LogP contribution >= 0.6 is 0 Å². The molecule has 0 saturated carbocycles. The molecule has 0 spiro atoms. The van der Waals surface area contributed by atoms with Gasteiger partial charge in [0.2, 0.25) is 5.91 Å². The van der Waals surface area contributed by atoms with Crippen molar-refractivity contribution in [3.05, 3.63) is 35.4 Å². The van der Waals surface area contributed by atoms with Gasteiger partial charge in [0.05, 0.1) is 6.54 Å². The van der Waals surface area contributed by atoms with Gasteiger partial charge in [0.25, 0.3) is 0 Å². The van der Waals surface area contributed by atoms with E-state index in [0.717, 1.165) is 32.2 Å². The number of rotatable bonds is 7. The number of aliphatic imine (C=N–C) groups is 1. The summed E-state index contributed by atoms with van der Waals surface area (Å²) in [5.74, 6) is -0.304. The summed E-state index contributed by atoms with van der Waals surface area (Å²) < 4.78 is 37.0. The van der Waals surface area contributed by atoms with Crippen molar-refractivity contribution in [3.8, 4) is 0 Å². The first kappa shape index (κ1) is 22.0. The summed E-state index contributed by atoms with van der Waals surface area (Å²) in [4.78, 5) is 18.8. The minimum atomic E-state index is -4.41. The molecule has 1 aromatic rings. The number of likely N-dealkylation sites (tertiary alicyclic amines) is 1. The standard InChI is InChI=1S/C19H28F3N5O/c1-23-18(25-12-17(28)26(2)14-19(20,21)22)24-11-15-5-7-16(8-6-15)13-27-9-3-4-10-27/h5-8H,3-4,9-14H2,1-2H3,(H2,23,24,25). The molecule has 2 rings (SSSR count). The average Bonchev–Trinajstić information content (AvgIpc) is 3.14. The van der Waals surface area contributed by atoms with Gasteiger partial charge in [0, 0.05) is 27.2 Å². The zero-order chi connectivity index (χ0) is 20.6. The number of nitrogens with zero attached hydrogens (tertiary/aromatic N) is 3. The lowest BCUT2D eigenvalue weighted by Crippen LogP contribution is -2.45. The fourth-order valence-electron chi connectivity index (χ4n) is 3.02. The number of amides is 1. The number of carbonyl (C=O) groups excluding carboxylic acids is 1. The van der Waals surface area contributed by atoms with Gasteiger partial charge in [-0.05, 0) is 37.1 Å². The Morgan fingerprint density at radius 3 is 2.32 bits per heavy atom. The molecule has 0 radical (unpaired) electrons. The van der Waals surface area contributed by atoms with E-state index < -0.39 is 18.6 Å². The van der Waals surface area contributed by atoms with Gasteiger partial charge in [-0.1, -0.05) is 24.3 Å². The van der Waals surface area contributed by atoms with Crippen molar-refractivity contribution in [2.24, 2.45) is 4.99 Å². The Balaban J connectivity index is 1.74. The SMILES string of the molecule is CN=C(NCC(=O)N(C)CC(F)(F)F)NCc1ccc(CN2CCCC2)cc1. The number of likely N-dealkylation sites (N-methyl/N-ethyl adjacent to an activating group) is 1. The summed E-state index contributed by atoms with van der Waals surface area (Å²) in [6, 6.07) is 8.27. The Bertz CT molecular complexity index is 655. The maximum atomic E-state index is 12.3. The van der Waals surface area contributed by atoms with Crippen molar-refractivity contribution in [1.82, 2.24) is 20.4 Å². The molecule has 1 fully saturated rings. The topological polar surface area (TPSA) is 60.0 Å². The highest BCUT2D eigenvalue weighted by Gasteiger charge is 2.31. The number of hydrogen-bond donors (Lipinski definition) is 2. The molecule has 1 saturated heterocycles. The van der Waals surface area contributed by atoms with Crippen LogP contribution in [0.1, 0.15) is 24.0 Å². The van der Waals surface area contributed by atoms with Crippen molar-refractivity contribution >= 4 is 11.9 Å². The fraction of sp³-hybridized carbons (Fsp3) is 0.579. The van der Waals surface area contributed by atoms with Crippen molar-refractivity contribution in [2.75, 3.05) is 40.3 Å². The second-order valence-corrected chi connectivity index (χ2v) is 6.94. The van der Waals surface area contributed by atoms with Crippen molar-refractivity contribution < 1.29 is 18.0 Å². The van der Waals surface area contributed by atoms with E-state index in [-0.39, 0.29) is 6.54 Å². The smallest absolute Gasteiger partial charge is 0.352 e. The third-order valence-corrected chi connectivity index (χ3v) is 4.56. The number of hydrogen-bond acceptors (Lipinski definition) is 3. The molecule has 1 aromatic carbocycles. The van der Waals surface area contributed by atoms with Crippen molar-refractivity contribution in [2.45, 2.75) is 32.1 Å². The first-order valence-electron chi connectivity index (χ1n) is 9.32. The minimum Gasteiger partial charge on any atom is -0.352 e. The minimum absolute atomic E-state index is 0.263. The van der Waals surface area contributed by atoms with Gasteiger partial charge >= 0.3 is 6.18 Å². The second-order valence-electron chi connectivity index (χ2n) is 6.94. The molecular formula is C19H28F3N5O. The number of nitrogens with one attached hydrogen (secondary N) is 2. The average molecular weight is 399 g/mol. The quantitative estimate of drug-likeness (QED) is 0.544. The second kappa shape index (κ2) is 10.3. The highest BCUT2D eigenvalue weighted by Crippen LogP contribution is 2.15. The number of alkyl halides is 3. The Morgan fingerprint density at radius 2 is 1.75 bits per heavy atom. The van der Waals surface area contributed by atoms with Gasteiger partial charge < -0.3 is 15.5 Å². The van der Waals surface area contributed by atoms with E-state index in [4.69, 9.17) is 0 Å². The molecular weight excluding hydrogens is 371 g/mol. The van der Waals surface area contributed by atoms with E-state index in [1.165, 1.54) is 18.4 Å². The molecule has 0 bridgehead atoms. The largest absolute Gasteiger partial charge is 0.406 e. The molecule has 0 aliphatic carbocycles. The summed E-state index contributed by atoms with van der Waals surface area (Å²) in [5, 5.41) is 5.80. The predicted molar refractivity (Wildman–Crippen MR) is 103 cm³/mol. The lowest BCUT2D eigenvalue weighted by Gasteiger charge is -2.20. The van der Waals surface area contributed by atoms with Gasteiger partial charge in [-0.2, -0.15) is 13.2 Å².